The maximum absolute atomic E-state index is 11.0. The molecule has 0 aromatic heterocycles. The lowest BCUT2D eigenvalue weighted by Gasteiger charge is -2.42. The van der Waals surface area contributed by atoms with Gasteiger partial charge in [-0.3, -0.25) is 9.69 Å². The van der Waals surface area contributed by atoms with Gasteiger partial charge in [-0.2, -0.15) is 0 Å². The summed E-state index contributed by atoms with van der Waals surface area (Å²) >= 11 is 0. The van der Waals surface area contributed by atoms with Crippen LogP contribution in [0.4, 0.5) is 0 Å². The van der Waals surface area contributed by atoms with Crippen molar-refractivity contribution in [1.82, 2.24) is 4.90 Å². The van der Waals surface area contributed by atoms with E-state index >= 15 is 0 Å². The number of nitrogens with zero attached hydrogens (tertiary/aromatic N) is 1. The molecule has 114 valence electrons. The van der Waals surface area contributed by atoms with Crippen molar-refractivity contribution >= 4 is 5.97 Å². The molecule has 2 aliphatic carbocycles. The molecule has 21 heavy (non-hydrogen) atoms. The maximum atomic E-state index is 11.0. The molecule has 0 radical (unpaired) electrons. The second kappa shape index (κ2) is 5.45. The minimum atomic E-state index is -0.690. The lowest BCUT2D eigenvalue weighted by Crippen LogP contribution is -2.38. The van der Waals surface area contributed by atoms with E-state index < -0.39 is 5.97 Å². The van der Waals surface area contributed by atoms with E-state index in [0.717, 1.165) is 6.42 Å². The van der Waals surface area contributed by atoms with Crippen LogP contribution in [0.25, 0.3) is 0 Å². The summed E-state index contributed by atoms with van der Waals surface area (Å²) in [5.41, 5.74) is 3.10. The summed E-state index contributed by atoms with van der Waals surface area (Å²) in [5.74, 6) is -0.690. The zero-order chi connectivity index (χ0) is 15.0. The summed E-state index contributed by atoms with van der Waals surface area (Å²) in [7, 11) is 0. The SMILES string of the molecule is CC1(C)CCC(N(CCC(=O)O)C2CC2)c2ccccc21. The van der Waals surface area contributed by atoms with Gasteiger partial charge in [0.25, 0.3) is 0 Å². The number of aliphatic carboxylic acids is 1. The Hall–Kier alpha value is -1.35. The van der Waals surface area contributed by atoms with Crippen LogP contribution in [0.5, 0.6) is 0 Å². The van der Waals surface area contributed by atoms with Gasteiger partial charge in [0.2, 0.25) is 0 Å². The van der Waals surface area contributed by atoms with E-state index in [0.29, 0.717) is 18.6 Å². The summed E-state index contributed by atoms with van der Waals surface area (Å²) in [6, 6.07) is 9.75. The Balaban J connectivity index is 1.88. The van der Waals surface area contributed by atoms with Gasteiger partial charge in [0, 0.05) is 18.6 Å². The average molecular weight is 287 g/mol. The topological polar surface area (TPSA) is 40.5 Å². The van der Waals surface area contributed by atoms with Crippen LogP contribution in [0.15, 0.2) is 24.3 Å². The van der Waals surface area contributed by atoms with Crippen molar-refractivity contribution in [3.8, 4) is 0 Å². The summed E-state index contributed by atoms with van der Waals surface area (Å²) < 4.78 is 0. The molecule has 3 rings (SSSR count). The molecule has 1 aromatic carbocycles. The predicted molar refractivity (Wildman–Crippen MR) is 83.4 cm³/mol. The molecule has 3 nitrogen and oxygen atoms in total. The fraction of sp³-hybridized carbons (Fsp3) is 0.611. The molecule has 1 atom stereocenters. The third kappa shape index (κ3) is 2.98. The minimum Gasteiger partial charge on any atom is -0.481 e. The Morgan fingerprint density at radius 2 is 2.00 bits per heavy atom. The fourth-order valence-corrected chi connectivity index (χ4v) is 3.76. The van der Waals surface area contributed by atoms with Gasteiger partial charge >= 0.3 is 5.97 Å². The largest absolute Gasteiger partial charge is 0.481 e. The van der Waals surface area contributed by atoms with Gasteiger partial charge in [-0.15, -0.1) is 0 Å². The number of hydrogen-bond acceptors (Lipinski definition) is 2. The molecule has 2 aliphatic rings. The first-order valence-electron chi connectivity index (χ1n) is 8.06. The Labute approximate surface area is 127 Å². The standard InChI is InChI=1S/C18H25NO2/c1-18(2)11-9-16(14-5-3-4-6-15(14)18)19(13-7-8-13)12-10-17(20)21/h3-6,13,16H,7-12H2,1-2H3,(H,20,21). The van der Waals surface area contributed by atoms with E-state index in [1.165, 1.54) is 30.4 Å². The second-order valence-corrected chi connectivity index (χ2v) is 7.14. The first-order chi connectivity index (χ1) is 9.99. The zero-order valence-electron chi connectivity index (χ0n) is 13.0. The number of benzene rings is 1. The zero-order valence-corrected chi connectivity index (χ0v) is 13.0. The lowest BCUT2D eigenvalue weighted by molar-refractivity contribution is -0.137. The molecule has 0 aliphatic heterocycles. The van der Waals surface area contributed by atoms with E-state index in [1.54, 1.807) is 0 Å². The van der Waals surface area contributed by atoms with Crippen LogP contribution >= 0.6 is 0 Å². The van der Waals surface area contributed by atoms with Crippen molar-refractivity contribution in [3.63, 3.8) is 0 Å². The third-order valence-electron chi connectivity index (χ3n) is 5.09. The van der Waals surface area contributed by atoms with Crippen molar-refractivity contribution < 1.29 is 9.90 Å². The smallest absolute Gasteiger partial charge is 0.304 e. The molecule has 0 saturated heterocycles. The van der Waals surface area contributed by atoms with Gasteiger partial charge in [0.1, 0.15) is 0 Å². The van der Waals surface area contributed by atoms with E-state index in [4.69, 9.17) is 5.11 Å². The van der Waals surface area contributed by atoms with Crippen molar-refractivity contribution in [3.05, 3.63) is 35.4 Å². The van der Waals surface area contributed by atoms with Gasteiger partial charge in [0.15, 0.2) is 0 Å². The molecule has 0 heterocycles. The van der Waals surface area contributed by atoms with Crippen LogP contribution in [0, 0.1) is 0 Å². The highest BCUT2D eigenvalue weighted by Gasteiger charge is 2.40. The van der Waals surface area contributed by atoms with Gasteiger partial charge in [-0.25, -0.2) is 0 Å². The lowest BCUT2D eigenvalue weighted by atomic mass is 9.70. The molecule has 1 fully saturated rings. The van der Waals surface area contributed by atoms with Crippen LogP contribution in [-0.2, 0) is 10.2 Å². The number of carboxylic acids is 1. The summed E-state index contributed by atoms with van der Waals surface area (Å²) in [4.78, 5) is 13.4. The monoisotopic (exact) mass is 287 g/mol. The molecule has 0 bridgehead atoms. The molecule has 3 heteroatoms. The highest BCUT2D eigenvalue weighted by atomic mass is 16.4. The molecule has 0 spiro atoms. The van der Waals surface area contributed by atoms with Gasteiger partial charge < -0.3 is 5.11 Å². The molecular weight excluding hydrogens is 262 g/mol. The first kappa shape index (κ1) is 14.6. The Morgan fingerprint density at radius 3 is 2.67 bits per heavy atom. The highest BCUT2D eigenvalue weighted by molar-refractivity contribution is 5.66. The van der Waals surface area contributed by atoms with E-state index in [-0.39, 0.29) is 11.8 Å². The summed E-state index contributed by atoms with van der Waals surface area (Å²) in [6.07, 6.45) is 5.01. The van der Waals surface area contributed by atoms with Crippen LogP contribution < -0.4 is 0 Å². The molecule has 0 amide bonds. The van der Waals surface area contributed by atoms with E-state index in [1.807, 2.05) is 0 Å². The van der Waals surface area contributed by atoms with E-state index in [2.05, 4.69) is 43.0 Å². The summed E-state index contributed by atoms with van der Waals surface area (Å²) in [6.45, 7) is 5.32. The Morgan fingerprint density at radius 1 is 1.29 bits per heavy atom. The van der Waals surface area contributed by atoms with Crippen LogP contribution in [-0.4, -0.2) is 28.6 Å². The maximum Gasteiger partial charge on any atom is 0.304 e. The number of rotatable bonds is 5. The van der Waals surface area contributed by atoms with E-state index in [9.17, 15) is 4.79 Å². The molecule has 1 unspecified atom stereocenters. The normalized spacial score (nSPS) is 23.9. The average Bonchev–Trinajstić information content (AvgIpc) is 3.26. The highest BCUT2D eigenvalue weighted by Crippen LogP contribution is 2.46. The quantitative estimate of drug-likeness (QED) is 0.897. The number of carbonyl (C=O) groups is 1. The predicted octanol–water partition coefficient (Wildman–Crippen LogP) is 3.74. The first-order valence-corrected chi connectivity index (χ1v) is 8.06. The molecule has 1 N–H and O–H groups in total. The molecule has 1 aromatic rings. The van der Waals surface area contributed by atoms with Crippen LogP contribution in [0.3, 0.4) is 0 Å². The number of carboxylic acid groups (broad SMARTS) is 1. The van der Waals surface area contributed by atoms with Crippen molar-refractivity contribution in [2.45, 2.75) is 63.5 Å². The van der Waals surface area contributed by atoms with Crippen molar-refractivity contribution in [1.29, 1.82) is 0 Å². The minimum absolute atomic E-state index is 0.231. The number of hydrogen-bond donors (Lipinski definition) is 1. The number of fused-ring (bicyclic) bond motifs is 1. The van der Waals surface area contributed by atoms with Gasteiger partial charge in [-0.1, -0.05) is 38.1 Å². The fourth-order valence-electron chi connectivity index (χ4n) is 3.76. The van der Waals surface area contributed by atoms with Crippen molar-refractivity contribution in [2.75, 3.05) is 6.54 Å². The van der Waals surface area contributed by atoms with Gasteiger partial charge in [-0.05, 0) is 42.2 Å². The Bertz CT molecular complexity index is 534. The third-order valence-corrected chi connectivity index (χ3v) is 5.09. The van der Waals surface area contributed by atoms with Crippen molar-refractivity contribution in [2.24, 2.45) is 0 Å². The Kier molecular flexibility index (Phi) is 3.78. The molecule has 1 saturated carbocycles. The second-order valence-electron chi connectivity index (χ2n) is 7.14. The van der Waals surface area contributed by atoms with Crippen LogP contribution in [0.2, 0.25) is 0 Å². The van der Waals surface area contributed by atoms with Crippen LogP contribution in [0.1, 0.15) is 63.1 Å². The van der Waals surface area contributed by atoms with Gasteiger partial charge in [0.05, 0.1) is 6.42 Å². The molecular formula is C18H25NO2. The summed E-state index contributed by atoms with van der Waals surface area (Å²) in [5, 5.41) is 9.01.